The summed E-state index contributed by atoms with van der Waals surface area (Å²) in [5.41, 5.74) is 6.82. The summed E-state index contributed by atoms with van der Waals surface area (Å²) < 4.78 is 5.08. The molecule has 1 aromatic carbocycles. The van der Waals surface area contributed by atoms with Crippen LogP contribution in [0, 0.1) is 0 Å². The van der Waals surface area contributed by atoms with Crippen LogP contribution in [0.15, 0.2) is 36.7 Å². The minimum absolute atomic E-state index is 0.222. The monoisotopic (exact) mass is 272 g/mol. The molecule has 0 aliphatic rings. The molecule has 1 aromatic heterocycles. The molecule has 0 aliphatic heterocycles. The maximum absolute atomic E-state index is 11.8. The molecule has 20 heavy (non-hydrogen) atoms. The molecule has 0 atom stereocenters. The molecule has 0 saturated carbocycles. The SMILES string of the molecule is COc1ccc(CCNC(=O)c2cncc(N)n2)cc1. The maximum atomic E-state index is 11.8. The van der Waals surface area contributed by atoms with Gasteiger partial charge in [0.2, 0.25) is 0 Å². The number of nitrogens with zero attached hydrogens (tertiary/aromatic N) is 2. The molecule has 0 bridgehead atoms. The lowest BCUT2D eigenvalue weighted by molar-refractivity contribution is 0.0949. The van der Waals surface area contributed by atoms with Crippen molar-refractivity contribution in [2.75, 3.05) is 19.4 Å². The largest absolute Gasteiger partial charge is 0.497 e. The molecule has 2 rings (SSSR count). The predicted molar refractivity (Wildman–Crippen MR) is 75.5 cm³/mol. The van der Waals surface area contributed by atoms with Gasteiger partial charge in [0, 0.05) is 6.54 Å². The second-order valence-corrected chi connectivity index (χ2v) is 4.18. The highest BCUT2D eigenvalue weighted by Gasteiger charge is 2.07. The van der Waals surface area contributed by atoms with Crippen LogP contribution in [0.5, 0.6) is 5.75 Å². The van der Waals surface area contributed by atoms with Crippen LogP contribution in [0.2, 0.25) is 0 Å². The lowest BCUT2D eigenvalue weighted by Gasteiger charge is -2.06. The molecule has 0 spiro atoms. The van der Waals surface area contributed by atoms with Crippen molar-refractivity contribution in [3.63, 3.8) is 0 Å². The number of benzene rings is 1. The lowest BCUT2D eigenvalue weighted by atomic mass is 10.1. The van der Waals surface area contributed by atoms with E-state index in [4.69, 9.17) is 10.5 Å². The molecule has 1 amide bonds. The standard InChI is InChI=1S/C14H16N4O2/c1-20-11-4-2-10(3-5-11)6-7-17-14(19)12-8-16-9-13(15)18-12/h2-5,8-9H,6-7H2,1H3,(H2,15,18)(H,17,19). The Morgan fingerprint density at radius 1 is 1.30 bits per heavy atom. The van der Waals surface area contributed by atoms with E-state index in [0.717, 1.165) is 17.7 Å². The Morgan fingerprint density at radius 2 is 2.05 bits per heavy atom. The Hall–Kier alpha value is -2.63. The number of rotatable bonds is 5. The molecule has 0 fully saturated rings. The number of hydrogen-bond donors (Lipinski definition) is 2. The predicted octanol–water partition coefficient (Wildman–Crippen LogP) is 1.04. The summed E-state index contributed by atoms with van der Waals surface area (Å²) in [7, 11) is 1.63. The van der Waals surface area contributed by atoms with Gasteiger partial charge < -0.3 is 15.8 Å². The van der Waals surface area contributed by atoms with Crippen molar-refractivity contribution < 1.29 is 9.53 Å². The van der Waals surface area contributed by atoms with Gasteiger partial charge in [-0.05, 0) is 24.1 Å². The van der Waals surface area contributed by atoms with Gasteiger partial charge >= 0.3 is 0 Å². The number of ether oxygens (including phenoxy) is 1. The average molecular weight is 272 g/mol. The van der Waals surface area contributed by atoms with Crippen molar-refractivity contribution in [1.82, 2.24) is 15.3 Å². The Kier molecular flexibility index (Phi) is 4.49. The Bertz CT molecular complexity index is 584. The molecular formula is C14H16N4O2. The first-order valence-electron chi connectivity index (χ1n) is 6.17. The fraction of sp³-hybridized carbons (Fsp3) is 0.214. The van der Waals surface area contributed by atoms with Crippen molar-refractivity contribution in [1.29, 1.82) is 0 Å². The van der Waals surface area contributed by atoms with Gasteiger partial charge in [-0.25, -0.2) is 4.98 Å². The molecule has 2 aromatic rings. The molecular weight excluding hydrogens is 256 g/mol. The third-order valence-corrected chi connectivity index (χ3v) is 2.74. The van der Waals surface area contributed by atoms with E-state index in [0.29, 0.717) is 6.54 Å². The van der Waals surface area contributed by atoms with Gasteiger partial charge in [-0.15, -0.1) is 0 Å². The zero-order valence-corrected chi connectivity index (χ0v) is 11.2. The first kappa shape index (κ1) is 13.8. The van der Waals surface area contributed by atoms with E-state index in [1.165, 1.54) is 12.4 Å². The van der Waals surface area contributed by atoms with Crippen LogP contribution in [-0.4, -0.2) is 29.5 Å². The smallest absolute Gasteiger partial charge is 0.271 e. The number of nitrogens with one attached hydrogen (secondary N) is 1. The third kappa shape index (κ3) is 3.68. The van der Waals surface area contributed by atoms with Gasteiger partial charge in [0.05, 0.1) is 19.5 Å². The van der Waals surface area contributed by atoms with E-state index in [1.54, 1.807) is 7.11 Å². The zero-order valence-electron chi connectivity index (χ0n) is 11.2. The number of nitrogens with two attached hydrogens (primary N) is 1. The summed E-state index contributed by atoms with van der Waals surface area (Å²) >= 11 is 0. The van der Waals surface area contributed by atoms with E-state index >= 15 is 0 Å². The van der Waals surface area contributed by atoms with Crippen LogP contribution < -0.4 is 15.8 Å². The molecule has 0 saturated heterocycles. The number of hydrogen-bond acceptors (Lipinski definition) is 5. The third-order valence-electron chi connectivity index (χ3n) is 2.74. The second kappa shape index (κ2) is 6.51. The molecule has 104 valence electrons. The number of methoxy groups -OCH3 is 1. The molecule has 1 heterocycles. The zero-order chi connectivity index (χ0) is 14.4. The number of carbonyl (C=O) groups is 1. The molecule has 3 N–H and O–H groups in total. The van der Waals surface area contributed by atoms with Crippen LogP contribution in [0.1, 0.15) is 16.1 Å². The second-order valence-electron chi connectivity index (χ2n) is 4.18. The van der Waals surface area contributed by atoms with Gasteiger partial charge in [0.15, 0.2) is 0 Å². The number of carbonyl (C=O) groups excluding carboxylic acids is 1. The number of aromatic nitrogens is 2. The van der Waals surface area contributed by atoms with E-state index in [9.17, 15) is 4.79 Å². The summed E-state index contributed by atoms with van der Waals surface area (Å²) in [6, 6.07) is 7.71. The normalized spacial score (nSPS) is 10.1. The van der Waals surface area contributed by atoms with Crippen molar-refractivity contribution in [3.05, 3.63) is 47.9 Å². The number of nitrogen functional groups attached to an aromatic ring is 1. The average Bonchev–Trinajstić information content (AvgIpc) is 2.48. The Morgan fingerprint density at radius 3 is 2.70 bits per heavy atom. The van der Waals surface area contributed by atoms with Gasteiger partial charge in [0.25, 0.3) is 5.91 Å². The Balaban J connectivity index is 1.84. The van der Waals surface area contributed by atoms with Crippen molar-refractivity contribution in [2.24, 2.45) is 0 Å². The van der Waals surface area contributed by atoms with Gasteiger partial charge in [-0.3, -0.25) is 9.78 Å². The van der Waals surface area contributed by atoms with Gasteiger partial charge in [0.1, 0.15) is 17.3 Å². The fourth-order valence-corrected chi connectivity index (χ4v) is 1.69. The van der Waals surface area contributed by atoms with E-state index in [1.807, 2.05) is 24.3 Å². The van der Waals surface area contributed by atoms with Crippen LogP contribution in [0.25, 0.3) is 0 Å². The Labute approximate surface area is 117 Å². The summed E-state index contributed by atoms with van der Waals surface area (Å²) in [6.07, 6.45) is 3.51. The summed E-state index contributed by atoms with van der Waals surface area (Å²) in [5.74, 6) is 0.763. The molecule has 0 radical (unpaired) electrons. The first-order chi connectivity index (χ1) is 9.69. The van der Waals surface area contributed by atoms with Crippen molar-refractivity contribution in [2.45, 2.75) is 6.42 Å². The molecule has 6 nitrogen and oxygen atoms in total. The van der Waals surface area contributed by atoms with E-state index in [-0.39, 0.29) is 17.4 Å². The van der Waals surface area contributed by atoms with Crippen molar-refractivity contribution in [3.8, 4) is 5.75 Å². The topological polar surface area (TPSA) is 90.1 Å². The quantitative estimate of drug-likeness (QED) is 0.848. The van der Waals surface area contributed by atoms with Crippen LogP contribution in [0.3, 0.4) is 0 Å². The maximum Gasteiger partial charge on any atom is 0.271 e. The first-order valence-corrected chi connectivity index (χ1v) is 6.17. The highest BCUT2D eigenvalue weighted by Crippen LogP contribution is 2.11. The lowest BCUT2D eigenvalue weighted by Crippen LogP contribution is -2.26. The minimum atomic E-state index is -0.279. The highest BCUT2D eigenvalue weighted by atomic mass is 16.5. The van der Waals surface area contributed by atoms with E-state index in [2.05, 4.69) is 15.3 Å². The summed E-state index contributed by atoms with van der Waals surface area (Å²) in [5, 5.41) is 2.78. The molecule has 0 aliphatic carbocycles. The molecule has 0 unspecified atom stereocenters. The summed E-state index contributed by atoms with van der Waals surface area (Å²) in [6.45, 7) is 0.516. The highest BCUT2D eigenvalue weighted by molar-refractivity contribution is 5.92. The van der Waals surface area contributed by atoms with Crippen LogP contribution in [0.4, 0.5) is 5.82 Å². The fourth-order valence-electron chi connectivity index (χ4n) is 1.69. The van der Waals surface area contributed by atoms with E-state index < -0.39 is 0 Å². The number of amides is 1. The van der Waals surface area contributed by atoms with Crippen molar-refractivity contribution >= 4 is 11.7 Å². The summed E-state index contributed by atoms with van der Waals surface area (Å²) in [4.78, 5) is 19.5. The van der Waals surface area contributed by atoms with Crippen LogP contribution in [-0.2, 0) is 6.42 Å². The van der Waals surface area contributed by atoms with Gasteiger partial charge in [-0.1, -0.05) is 12.1 Å². The number of anilines is 1. The molecule has 6 heteroatoms. The van der Waals surface area contributed by atoms with Crippen LogP contribution >= 0.6 is 0 Å². The minimum Gasteiger partial charge on any atom is -0.497 e. The van der Waals surface area contributed by atoms with Gasteiger partial charge in [-0.2, -0.15) is 0 Å².